The Bertz CT molecular complexity index is 778. The largest absolute Gasteiger partial charge is 0.326 e. The lowest BCUT2D eigenvalue weighted by molar-refractivity contribution is 0.102. The minimum atomic E-state index is -0.702. The Morgan fingerprint density at radius 1 is 1.19 bits per heavy atom. The van der Waals surface area contributed by atoms with Crippen LogP contribution in [-0.2, 0) is 13.0 Å². The fourth-order valence-electron chi connectivity index (χ4n) is 2.43. The Labute approximate surface area is 119 Å². The molecule has 1 aliphatic heterocycles. The van der Waals surface area contributed by atoms with Crippen molar-refractivity contribution in [1.29, 1.82) is 0 Å². The maximum absolute atomic E-state index is 12.2. The maximum Gasteiger partial charge on any atom is 0.326 e. The van der Waals surface area contributed by atoms with Gasteiger partial charge in [-0.05, 0) is 30.2 Å². The van der Waals surface area contributed by atoms with Crippen LogP contribution in [0.15, 0.2) is 33.9 Å². The predicted octanol–water partition coefficient (Wildman–Crippen LogP) is -0.0388. The van der Waals surface area contributed by atoms with E-state index in [1.807, 2.05) is 23.2 Å². The van der Waals surface area contributed by atoms with Gasteiger partial charge >= 0.3 is 5.69 Å². The van der Waals surface area contributed by atoms with Gasteiger partial charge in [0.15, 0.2) is 0 Å². The number of hydrogen-bond donors (Lipinski definition) is 4. The molecule has 1 aromatic heterocycles. The molecule has 2 heterocycles. The molecule has 4 N–H and O–H groups in total. The molecule has 7 nitrogen and oxygen atoms in total. The molecule has 0 saturated carbocycles. The minimum Gasteiger partial charge on any atom is -0.320 e. The fraction of sp³-hybridized carbons (Fsp3) is 0.214. The number of rotatable bonds is 2. The number of aromatic amines is 2. The first-order valence-corrected chi connectivity index (χ1v) is 6.60. The Kier molecular flexibility index (Phi) is 3.41. The number of anilines is 1. The van der Waals surface area contributed by atoms with Gasteiger partial charge in [-0.25, -0.2) is 4.79 Å². The summed E-state index contributed by atoms with van der Waals surface area (Å²) in [5.74, 6) is -0.509. The average Bonchev–Trinajstić information content (AvgIpc) is 2.46. The second-order valence-electron chi connectivity index (χ2n) is 4.83. The van der Waals surface area contributed by atoms with Gasteiger partial charge in [0.1, 0.15) is 5.69 Å². The van der Waals surface area contributed by atoms with Crippen molar-refractivity contribution in [3.63, 3.8) is 0 Å². The second kappa shape index (κ2) is 5.37. The Balaban J connectivity index is 1.91. The molecule has 1 amide bonds. The van der Waals surface area contributed by atoms with Gasteiger partial charge in [-0.1, -0.05) is 12.1 Å². The van der Waals surface area contributed by atoms with E-state index in [9.17, 15) is 14.4 Å². The smallest absolute Gasteiger partial charge is 0.320 e. The molecule has 2 aromatic rings. The summed E-state index contributed by atoms with van der Waals surface area (Å²) in [7, 11) is 0. The number of amides is 1. The fourth-order valence-corrected chi connectivity index (χ4v) is 2.43. The van der Waals surface area contributed by atoms with Crippen molar-refractivity contribution in [3.8, 4) is 0 Å². The molecule has 0 spiro atoms. The van der Waals surface area contributed by atoms with Gasteiger partial charge in [0, 0.05) is 18.3 Å². The van der Waals surface area contributed by atoms with Crippen molar-refractivity contribution in [1.82, 2.24) is 15.3 Å². The summed E-state index contributed by atoms with van der Waals surface area (Å²) >= 11 is 0. The van der Waals surface area contributed by atoms with Gasteiger partial charge < -0.3 is 15.6 Å². The van der Waals surface area contributed by atoms with Crippen LogP contribution in [0.5, 0.6) is 0 Å². The number of hydrogen-bond acceptors (Lipinski definition) is 4. The van der Waals surface area contributed by atoms with Gasteiger partial charge in [0.25, 0.3) is 11.5 Å². The highest BCUT2D eigenvalue weighted by atomic mass is 16.2. The molecule has 108 valence electrons. The third-order valence-electron chi connectivity index (χ3n) is 3.39. The average molecular weight is 286 g/mol. The number of aromatic nitrogens is 2. The van der Waals surface area contributed by atoms with E-state index in [2.05, 4.69) is 15.6 Å². The zero-order chi connectivity index (χ0) is 14.8. The molecule has 7 heteroatoms. The van der Waals surface area contributed by atoms with Crippen molar-refractivity contribution >= 4 is 11.6 Å². The molecule has 0 bridgehead atoms. The van der Waals surface area contributed by atoms with E-state index in [1.165, 1.54) is 0 Å². The minimum absolute atomic E-state index is 0.0599. The van der Waals surface area contributed by atoms with Crippen LogP contribution in [0.4, 0.5) is 5.69 Å². The summed E-state index contributed by atoms with van der Waals surface area (Å²) in [6, 6.07) is 6.75. The van der Waals surface area contributed by atoms with Crippen LogP contribution in [0.25, 0.3) is 0 Å². The molecular formula is C14H14N4O3. The van der Waals surface area contributed by atoms with Crippen LogP contribution in [-0.4, -0.2) is 22.4 Å². The van der Waals surface area contributed by atoms with Crippen LogP contribution < -0.4 is 21.9 Å². The molecule has 21 heavy (non-hydrogen) atoms. The Morgan fingerprint density at radius 3 is 2.86 bits per heavy atom. The summed E-state index contributed by atoms with van der Waals surface area (Å²) < 4.78 is 0. The topological polar surface area (TPSA) is 107 Å². The van der Waals surface area contributed by atoms with Crippen molar-refractivity contribution in [3.05, 3.63) is 61.9 Å². The van der Waals surface area contributed by atoms with Crippen molar-refractivity contribution in [2.75, 3.05) is 11.9 Å². The normalized spacial score (nSPS) is 13.5. The summed E-state index contributed by atoms with van der Waals surface area (Å²) in [5, 5.41) is 6.01. The molecule has 0 atom stereocenters. The van der Waals surface area contributed by atoms with E-state index in [4.69, 9.17) is 0 Å². The van der Waals surface area contributed by atoms with E-state index in [0.29, 0.717) is 5.69 Å². The van der Waals surface area contributed by atoms with Gasteiger partial charge in [-0.3, -0.25) is 14.6 Å². The molecule has 0 aliphatic carbocycles. The molecule has 1 aromatic carbocycles. The van der Waals surface area contributed by atoms with Crippen LogP contribution in [0.1, 0.15) is 21.6 Å². The highest BCUT2D eigenvalue weighted by Crippen LogP contribution is 2.23. The van der Waals surface area contributed by atoms with E-state index >= 15 is 0 Å². The molecule has 1 aliphatic rings. The van der Waals surface area contributed by atoms with Crippen molar-refractivity contribution < 1.29 is 4.79 Å². The molecular weight excluding hydrogens is 272 g/mol. The second-order valence-corrected chi connectivity index (χ2v) is 4.83. The van der Waals surface area contributed by atoms with Gasteiger partial charge in [0.05, 0.1) is 0 Å². The van der Waals surface area contributed by atoms with Gasteiger partial charge in [-0.2, -0.15) is 0 Å². The number of carbonyl (C=O) groups excluding carboxylic acids is 1. The van der Waals surface area contributed by atoms with Crippen LogP contribution >= 0.6 is 0 Å². The first kappa shape index (κ1) is 13.3. The highest BCUT2D eigenvalue weighted by molar-refractivity contribution is 6.03. The molecule has 0 fully saturated rings. The maximum atomic E-state index is 12.2. The van der Waals surface area contributed by atoms with E-state index < -0.39 is 17.2 Å². The number of nitrogens with one attached hydrogen (secondary N) is 4. The standard InChI is InChI=1S/C14H14N4O3/c19-12-6-11(17-14(21)18-12)13(20)16-10-3-1-2-8-7-15-5-4-9(8)10/h1-3,6,15H,4-5,7H2,(H,16,20)(H2,17,18,19,21). The summed E-state index contributed by atoms with van der Waals surface area (Å²) in [6.07, 6.45) is 0.817. The lowest BCUT2D eigenvalue weighted by atomic mass is 9.99. The SMILES string of the molecule is O=C(Nc1cccc2c1CCNC2)c1cc(=O)[nH]c(=O)[nH]1. The van der Waals surface area contributed by atoms with Gasteiger partial charge in [0.2, 0.25) is 0 Å². The highest BCUT2D eigenvalue weighted by Gasteiger charge is 2.15. The van der Waals surface area contributed by atoms with Crippen molar-refractivity contribution in [2.24, 2.45) is 0 Å². The van der Waals surface area contributed by atoms with Crippen LogP contribution in [0.2, 0.25) is 0 Å². The van der Waals surface area contributed by atoms with E-state index in [0.717, 1.165) is 36.7 Å². The number of benzene rings is 1. The third-order valence-corrected chi connectivity index (χ3v) is 3.39. The van der Waals surface area contributed by atoms with E-state index in [1.54, 1.807) is 0 Å². The lowest BCUT2D eigenvalue weighted by Crippen LogP contribution is -2.28. The van der Waals surface area contributed by atoms with Crippen LogP contribution in [0, 0.1) is 0 Å². The molecule has 3 rings (SSSR count). The summed E-state index contributed by atoms with van der Waals surface area (Å²) in [4.78, 5) is 38.9. The van der Waals surface area contributed by atoms with Crippen LogP contribution in [0.3, 0.4) is 0 Å². The number of fused-ring (bicyclic) bond motifs is 1. The predicted molar refractivity (Wildman–Crippen MR) is 77.5 cm³/mol. The van der Waals surface area contributed by atoms with E-state index in [-0.39, 0.29) is 5.69 Å². The number of carbonyl (C=O) groups is 1. The van der Waals surface area contributed by atoms with Gasteiger partial charge in [-0.15, -0.1) is 0 Å². The lowest BCUT2D eigenvalue weighted by Gasteiger charge is -2.20. The first-order chi connectivity index (χ1) is 10.1. The summed E-state index contributed by atoms with van der Waals surface area (Å²) in [6.45, 7) is 1.61. The molecule has 0 unspecified atom stereocenters. The molecule has 0 saturated heterocycles. The molecule has 0 radical (unpaired) electrons. The monoisotopic (exact) mass is 286 g/mol. The Hall–Kier alpha value is -2.67. The van der Waals surface area contributed by atoms with Crippen molar-refractivity contribution in [2.45, 2.75) is 13.0 Å². The zero-order valence-corrected chi connectivity index (χ0v) is 11.2. The Morgan fingerprint density at radius 2 is 2.05 bits per heavy atom. The first-order valence-electron chi connectivity index (χ1n) is 6.60. The zero-order valence-electron chi connectivity index (χ0n) is 11.2. The third kappa shape index (κ3) is 2.77. The summed E-state index contributed by atoms with van der Waals surface area (Å²) in [5.41, 5.74) is 1.56. The quantitative estimate of drug-likeness (QED) is 0.621. The number of H-pyrrole nitrogens is 2.